The van der Waals surface area contributed by atoms with Crippen LogP contribution in [0.25, 0.3) is 0 Å². The highest BCUT2D eigenvalue weighted by Gasteiger charge is 2.53. The van der Waals surface area contributed by atoms with Crippen LogP contribution in [0.3, 0.4) is 0 Å². The molecule has 3 fully saturated rings. The molecule has 0 aromatic heterocycles. The molecule has 3 aliphatic rings. The Morgan fingerprint density at radius 1 is 1.18 bits per heavy atom. The maximum Gasteiger partial charge on any atom is 0.260 e. The lowest BCUT2D eigenvalue weighted by molar-refractivity contribution is -0.167. The van der Waals surface area contributed by atoms with Gasteiger partial charge in [0, 0.05) is 19.6 Å². The fourth-order valence-corrected chi connectivity index (χ4v) is 5.85. The second-order valence-corrected chi connectivity index (χ2v) is 9.97. The van der Waals surface area contributed by atoms with Gasteiger partial charge < -0.3 is 19.1 Å². The molecule has 1 spiro atoms. The molecular weight excluding hydrogens is 384 g/mol. The number of amides is 1. The van der Waals surface area contributed by atoms with E-state index in [0.717, 1.165) is 13.1 Å². The molecule has 28 heavy (non-hydrogen) atoms. The van der Waals surface area contributed by atoms with Crippen LogP contribution in [0.4, 0.5) is 0 Å². The topological polar surface area (TPSA) is 85.4 Å². The molecule has 1 aromatic rings. The van der Waals surface area contributed by atoms with Gasteiger partial charge in [-0.1, -0.05) is 18.2 Å². The molecule has 9 heteroatoms. The molecule has 0 unspecified atom stereocenters. The van der Waals surface area contributed by atoms with Crippen molar-refractivity contribution >= 4 is 15.7 Å². The summed E-state index contributed by atoms with van der Waals surface area (Å²) in [6.07, 6.45) is 0. The van der Waals surface area contributed by atoms with E-state index in [4.69, 9.17) is 14.2 Å². The summed E-state index contributed by atoms with van der Waals surface area (Å²) in [6.45, 7) is 3.98. The molecule has 1 aromatic carbocycles. The second kappa shape index (κ2) is 7.98. The van der Waals surface area contributed by atoms with Gasteiger partial charge in [0.05, 0.1) is 43.9 Å². The first kappa shape index (κ1) is 19.6. The molecule has 1 amide bonds. The summed E-state index contributed by atoms with van der Waals surface area (Å²) in [5.74, 6) is 0.442. The van der Waals surface area contributed by atoms with Crippen molar-refractivity contribution in [3.63, 3.8) is 0 Å². The van der Waals surface area contributed by atoms with Gasteiger partial charge in [0.15, 0.2) is 16.4 Å². The van der Waals surface area contributed by atoms with E-state index in [1.54, 1.807) is 17.0 Å². The third-order valence-corrected chi connectivity index (χ3v) is 7.76. The number of rotatable bonds is 5. The highest BCUT2D eigenvalue weighted by Crippen LogP contribution is 2.33. The smallest absolute Gasteiger partial charge is 0.260 e. The summed E-state index contributed by atoms with van der Waals surface area (Å²) in [5.41, 5.74) is -0.761. The van der Waals surface area contributed by atoms with Gasteiger partial charge in [0.1, 0.15) is 11.4 Å². The number of morpholine rings is 1. The van der Waals surface area contributed by atoms with E-state index in [-0.39, 0.29) is 24.9 Å². The Hall–Kier alpha value is -1.68. The maximum absolute atomic E-state index is 12.8. The van der Waals surface area contributed by atoms with Gasteiger partial charge in [-0.3, -0.25) is 9.69 Å². The third kappa shape index (κ3) is 4.32. The Bertz CT molecular complexity index is 788. The van der Waals surface area contributed by atoms with Crippen molar-refractivity contribution in [1.29, 1.82) is 0 Å². The molecule has 3 aliphatic heterocycles. The minimum absolute atomic E-state index is 0.0294. The Kier molecular flexibility index (Phi) is 5.59. The van der Waals surface area contributed by atoms with Gasteiger partial charge in [-0.2, -0.15) is 0 Å². The number of carbonyl (C=O) groups excluding carboxylic acids is 1. The number of benzene rings is 1. The van der Waals surface area contributed by atoms with Crippen molar-refractivity contribution in [2.75, 3.05) is 64.9 Å². The minimum Gasteiger partial charge on any atom is -0.484 e. The molecule has 1 atom stereocenters. The van der Waals surface area contributed by atoms with Crippen molar-refractivity contribution in [3.05, 3.63) is 30.3 Å². The van der Waals surface area contributed by atoms with Crippen molar-refractivity contribution in [3.8, 4) is 5.75 Å². The van der Waals surface area contributed by atoms with Crippen LogP contribution < -0.4 is 4.74 Å². The largest absolute Gasteiger partial charge is 0.484 e. The molecule has 0 bridgehead atoms. The van der Waals surface area contributed by atoms with E-state index in [2.05, 4.69) is 4.90 Å². The SMILES string of the molecule is O=C(COc1ccccc1)N1CC2(C1)CS(=O)(=O)[C@@H](CN1CCOCC1)CO2. The first-order valence-corrected chi connectivity index (χ1v) is 11.3. The standard InChI is InChI=1S/C19H26N2O6S/c22-18(12-26-16-4-2-1-3-5-16)21-13-19(14-21)15-28(23,24)17(11-27-19)10-20-6-8-25-9-7-20/h1-5,17H,6-15H2/t17-/m0/s1. The normalized spacial score (nSPS) is 26.6. The predicted molar refractivity (Wildman–Crippen MR) is 102 cm³/mol. The first-order chi connectivity index (χ1) is 13.5. The van der Waals surface area contributed by atoms with Gasteiger partial charge in [0.2, 0.25) is 0 Å². The van der Waals surface area contributed by atoms with Crippen LogP contribution in [-0.2, 0) is 24.1 Å². The van der Waals surface area contributed by atoms with E-state index in [9.17, 15) is 13.2 Å². The Morgan fingerprint density at radius 3 is 2.57 bits per heavy atom. The fourth-order valence-electron chi connectivity index (χ4n) is 3.90. The van der Waals surface area contributed by atoms with Crippen LogP contribution in [0.15, 0.2) is 30.3 Å². The average Bonchev–Trinajstić information content (AvgIpc) is 2.67. The third-order valence-electron chi connectivity index (χ3n) is 5.53. The van der Waals surface area contributed by atoms with Gasteiger partial charge in [0.25, 0.3) is 5.91 Å². The van der Waals surface area contributed by atoms with Crippen molar-refractivity contribution in [2.45, 2.75) is 10.9 Å². The van der Waals surface area contributed by atoms with E-state index < -0.39 is 20.7 Å². The Balaban J connectivity index is 1.27. The van der Waals surface area contributed by atoms with Crippen molar-refractivity contribution in [2.24, 2.45) is 0 Å². The lowest BCUT2D eigenvalue weighted by Crippen LogP contribution is -2.71. The minimum atomic E-state index is -3.27. The number of hydrogen-bond donors (Lipinski definition) is 0. The molecule has 0 saturated carbocycles. The number of ether oxygens (including phenoxy) is 3. The van der Waals surface area contributed by atoms with E-state index in [0.29, 0.717) is 38.6 Å². The Morgan fingerprint density at radius 2 is 1.89 bits per heavy atom. The van der Waals surface area contributed by atoms with Crippen LogP contribution >= 0.6 is 0 Å². The van der Waals surface area contributed by atoms with Crippen LogP contribution in [-0.4, -0.2) is 99.9 Å². The summed E-state index contributed by atoms with van der Waals surface area (Å²) < 4.78 is 42.3. The summed E-state index contributed by atoms with van der Waals surface area (Å²) >= 11 is 0. The summed E-state index contributed by atoms with van der Waals surface area (Å²) in [6, 6.07) is 9.13. The number of carbonyl (C=O) groups is 1. The summed E-state index contributed by atoms with van der Waals surface area (Å²) in [5, 5.41) is -0.512. The zero-order valence-corrected chi connectivity index (χ0v) is 16.6. The van der Waals surface area contributed by atoms with Gasteiger partial charge >= 0.3 is 0 Å². The monoisotopic (exact) mass is 410 g/mol. The van der Waals surface area contributed by atoms with E-state index in [1.165, 1.54) is 0 Å². The summed E-state index contributed by atoms with van der Waals surface area (Å²) in [4.78, 5) is 16.0. The molecule has 3 saturated heterocycles. The molecule has 0 aliphatic carbocycles. The molecular formula is C19H26N2O6S. The van der Waals surface area contributed by atoms with Crippen molar-refractivity contribution in [1.82, 2.24) is 9.80 Å². The van der Waals surface area contributed by atoms with Crippen LogP contribution in [0.5, 0.6) is 5.75 Å². The number of sulfone groups is 1. The van der Waals surface area contributed by atoms with Crippen LogP contribution in [0.2, 0.25) is 0 Å². The zero-order chi connectivity index (χ0) is 19.6. The van der Waals surface area contributed by atoms with Gasteiger partial charge in [-0.15, -0.1) is 0 Å². The lowest BCUT2D eigenvalue weighted by Gasteiger charge is -2.52. The highest BCUT2D eigenvalue weighted by atomic mass is 32.2. The molecule has 0 N–H and O–H groups in total. The molecule has 0 radical (unpaired) electrons. The second-order valence-electron chi connectivity index (χ2n) is 7.69. The Labute approximate surface area is 165 Å². The first-order valence-electron chi connectivity index (χ1n) is 9.57. The van der Waals surface area contributed by atoms with E-state index >= 15 is 0 Å². The maximum atomic E-state index is 12.8. The number of nitrogens with zero attached hydrogens (tertiary/aromatic N) is 2. The quantitative estimate of drug-likeness (QED) is 0.664. The summed E-state index contributed by atoms with van der Waals surface area (Å²) in [7, 11) is -3.27. The molecule has 3 heterocycles. The molecule has 4 rings (SSSR count). The fraction of sp³-hybridized carbons (Fsp3) is 0.632. The van der Waals surface area contributed by atoms with Crippen molar-refractivity contribution < 1.29 is 27.4 Å². The zero-order valence-electron chi connectivity index (χ0n) is 15.8. The van der Waals surface area contributed by atoms with Gasteiger partial charge in [-0.25, -0.2) is 8.42 Å². The number of para-hydroxylation sites is 1. The number of hydrogen-bond acceptors (Lipinski definition) is 7. The molecule has 8 nitrogen and oxygen atoms in total. The number of likely N-dealkylation sites (tertiary alicyclic amines) is 1. The van der Waals surface area contributed by atoms with Gasteiger partial charge in [-0.05, 0) is 12.1 Å². The average molecular weight is 410 g/mol. The molecule has 154 valence electrons. The highest BCUT2D eigenvalue weighted by molar-refractivity contribution is 7.92. The lowest BCUT2D eigenvalue weighted by atomic mass is 9.95. The van der Waals surface area contributed by atoms with Crippen LogP contribution in [0.1, 0.15) is 0 Å². The predicted octanol–water partition coefficient (Wildman–Crippen LogP) is -0.208. The van der Waals surface area contributed by atoms with Crippen LogP contribution in [0, 0.1) is 0 Å². The van der Waals surface area contributed by atoms with E-state index in [1.807, 2.05) is 18.2 Å².